The number of carbonyl (C=O) groups is 1. The summed E-state index contributed by atoms with van der Waals surface area (Å²) >= 11 is 0. The van der Waals surface area contributed by atoms with E-state index in [1.807, 2.05) is 42.5 Å². The topological polar surface area (TPSA) is 67.6 Å². The third-order valence-corrected chi connectivity index (χ3v) is 4.54. The molecule has 5 heteroatoms. The van der Waals surface area contributed by atoms with E-state index in [-0.39, 0.29) is 6.03 Å². The number of likely N-dealkylation sites (tertiary alicyclic amines) is 1. The van der Waals surface area contributed by atoms with Crippen LogP contribution in [0.15, 0.2) is 54.6 Å². The smallest absolute Gasteiger partial charge is 0.314 e. The molecule has 3 N–H and O–H groups in total. The average molecular weight is 339 g/mol. The van der Waals surface area contributed by atoms with Crippen molar-refractivity contribution in [2.24, 2.45) is 5.73 Å². The average Bonchev–Trinajstić information content (AvgIpc) is 2.64. The van der Waals surface area contributed by atoms with Crippen molar-refractivity contribution in [3.8, 4) is 5.75 Å². The number of urea groups is 1. The number of hydrogen-bond acceptors (Lipinski definition) is 3. The van der Waals surface area contributed by atoms with Crippen molar-refractivity contribution in [2.75, 3.05) is 25.0 Å². The van der Waals surface area contributed by atoms with E-state index >= 15 is 0 Å². The van der Waals surface area contributed by atoms with Crippen LogP contribution in [0, 0.1) is 0 Å². The molecule has 25 heavy (non-hydrogen) atoms. The first-order valence-corrected chi connectivity index (χ1v) is 8.79. The number of para-hydroxylation sites is 2. The molecule has 0 saturated carbocycles. The van der Waals surface area contributed by atoms with E-state index < -0.39 is 0 Å². The molecule has 0 aromatic heterocycles. The van der Waals surface area contributed by atoms with Gasteiger partial charge in [0.1, 0.15) is 5.75 Å². The van der Waals surface area contributed by atoms with Crippen LogP contribution in [0.25, 0.3) is 0 Å². The first-order chi connectivity index (χ1) is 12.2. The van der Waals surface area contributed by atoms with Gasteiger partial charge in [0.15, 0.2) is 0 Å². The highest BCUT2D eigenvalue weighted by Gasteiger charge is 2.21. The Bertz CT molecular complexity index is 682. The molecule has 1 heterocycles. The molecular formula is C20H25N3O2. The van der Waals surface area contributed by atoms with Crippen LogP contribution in [0.2, 0.25) is 0 Å². The van der Waals surface area contributed by atoms with Gasteiger partial charge < -0.3 is 20.7 Å². The lowest BCUT2D eigenvalue weighted by atomic mass is 10.0. The summed E-state index contributed by atoms with van der Waals surface area (Å²) in [6, 6.07) is 18.4. The molecule has 0 aliphatic carbocycles. The van der Waals surface area contributed by atoms with Gasteiger partial charge in [-0.1, -0.05) is 42.5 Å². The van der Waals surface area contributed by atoms with E-state index in [1.165, 1.54) is 5.56 Å². The van der Waals surface area contributed by atoms with E-state index in [4.69, 9.17) is 10.5 Å². The summed E-state index contributed by atoms with van der Waals surface area (Å²) in [7, 11) is 0. The third kappa shape index (κ3) is 4.89. The van der Waals surface area contributed by atoms with Crippen LogP contribution in [0.3, 0.4) is 0 Å². The highest BCUT2D eigenvalue weighted by Crippen LogP contribution is 2.26. The molecule has 0 radical (unpaired) electrons. The molecule has 2 amide bonds. The van der Waals surface area contributed by atoms with Crippen molar-refractivity contribution in [1.82, 2.24) is 4.90 Å². The number of nitrogens with two attached hydrogens (primary N) is 1. The summed E-state index contributed by atoms with van der Waals surface area (Å²) < 4.78 is 5.99. The number of nitrogens with zero attached hydrogens (tertiary/aromatic N) is 1. The second-order valence-corrected chi connectivity index (χ2v) is 6.32. The van der Waals surface area contributed by atoms with Crippen molar-refractivity contribution in [3.63, 3.8) is 0 Å². The first kappa shape index (κ1) is 17.1. The SMILES string of the molecule is NC(=O)N1CCC(Nc2ccccc2OCCc2ccccc2)CC1. The van der Waals surface area contributed by atoms with Gasteiger partial charge in [0.2, 0.25) is 0 Å². The summed E-state index contributed by atoms with van der Waals surface area (Å²) in [5.74, 6) is 0.871. The molecule has 132 valence electrons. The van der Waals surface area contributed by atoms with Gasteiger partial charge >= 0.3 is 6.03 Å². The van der Waals surface area contributed by atoms with Gasteiger partial charge in [0.05, 0.1) is 12.3 Å². The quantitative estimate of drug-likeness (QED) is 0.849. The minimum absolute atomic E-state index is 0.328. The number of benzene rings is 2. The number of anilines is 1. The van der Waals surface area contributed by atoms with Crippen LogP contribution in [0.1, 0.15) is 18.4 Å². The molecule has 5 nitrogen and oxygen atoms in total. The number of carbonyl (C=O) groups excluding carboxylic acids is 1. The Morgan fingerprint density at radius 2 is 1.76 bits per heavy atom. The Kier molecular flexibility index (Phi) is 5.77. The van der Waals surface area contributed by atoms with Crippen molar-refractivity contribution in [3.05, 3.63) is 60.2 Å². The number of nitrogens with one attached hydrogen (secondary N) is 1. The van der Waals surface area contributed by atoms with Crippen LogP contribution in [-0.2, 0) is 6.42 Å². The fourth-order valence-electron chi connectivity index (χ4n) is 3.10. The van der Waals surface area contributed by atoms with Crippen molar-refractivity contribution in [2.45, 2.75) is 25.3 Å². The van der Waals surface area contributed by atoms with Crippen molar-refractivity contribution < 1.29 is 9.53 Å². The maximum absolute atomic E-state index is 11.2. The first-order valence-electron chi connectivity index (χ1n) is 8.79. The predicted molar refractivity (Wildman–Crippen MR) is 99.9 cm³/mol. The van der Waals surface area contributed by atoms with Gasteiger partial charge in [-0.05, 0) is 30.5 Å². The lowest BCUT2D eigenvalue weighted by Gasteiger charge is -2.32. The second-order valence-electron chi connectivity index (χ2n) is 6.32. The number of hydrogen-bond donors (Lipinski definition) is 2. The van der Waals surface area contributed by atoms with E-state index in [2.05, 4.69) is 17.4 Å². The summed E-state index contributed by atoms with van der Waals surface area (Å²) in [5.41, 5.74) is 7.62. The zero-order valence-electron chi connectivity index (χ0n) is 14.4. The third-order valence-electron chi connectivity index (χ3n) is 4.54. The molecule has 1 fully saturated rings. The largest absolute Gasteiger partial charge is 0.491 e. The van der Waals surface area contributed by atoms with Crippen LogP contribution >= 0.6 is 0 Å². The maximum atomic E-state index is 11.2. The number of primary amides is 1. The standard InChI is InChI=1S/C20H25N3O2/c21-20(24)23-13-10-17(11-14-23)22-18-8-4-5-9-19(18)25-15-12-16-6-2-1-3-7-16/h1-9,17,22H,10-15H2,(H2,21,24). The molecule has 1 aliphatic rings. The highest BCUT2D eigenvalue weighted by molar-refractivity contribution is 5.72. The number of rotatable bonds is 6. The van der Waals surface area contributed by atoms with Crippen molar-refractivity contribution >= 4 is 11.7 Å². The summed E-state index contributed by atoms with van der Waals surface area (Å²) in [4.78, 5) is 12.9. The molecule has 0 spiro atoms. The Morgan fingerprint density at radius 1 is 1.08 bits per heavy atom. The highest BCUT2D eigenvalue weighted by atomic mass is 16.5. The predicted octanol–water partition coefficient (Wildman–Crippen LogP) is 3.26. The van der Waals surface area contributed by atoms with E-state index in [0.29, 0.717) is 25.7 Å². The molecular weight excluding hydrogens is 314 g/mol. The summed E-state index contributed by atoms with van der Waals surface area (Å²) in [6.45, 7) is 2.04. The second kappa shape index (κ2) is 8.42. The van der Waals surface area contributed by atoms with Gasteiger partial charge in [0.25, 0.3) is 0 Å². The fourth-order valence-corrected chi connectivity index (χ4v) is 3.10. The van der Waals surface area contributed by atoms with Crippen LogP contribution in [0.5, 0.6) is 5.75 Å². The lowest BCUT2D eigenvalue weighted by molar-refractivity contribution is 0.193. The zero-order valence-corrected chi connectivity index (χ0v) is 14.4. The van der Waals surface area contributed by atoms with E-state index in [9.17, 15) is 4.79 Å². The lowest BCUT2D eigenvalue weighted by Crippen LogP contribution is -2.44. The van der Waals surface area contributed by atoms with Crippen LogP contribution in [-0.4, -0.2) is 36.7 Å². The number of piperidine rings is 1. The summed E-state index contributed by atoms with van der Waals surface area (Å²) in [6.07, 6.45) is 2.66. The van der Waals surface area contributed by atoms with E-state index in [1.54, 1.807) is 4.90 Å². The van der Waals surface area contributed by atoms with Gasteiger partial charge in [-0.2, -0.15) is 0 Å². The van der Waals surface area contributed by atoms with Gasteiger partial charge in [0, 0.05) is 25.6 Å². The molecule has 1 aliphatic heterocycles. The van der Waals surface area contributed by atoms with E-state index in [0.717, 1.165) is 30.7 Å². The molecule has 0 unspecified atom stereocenters. The minimum atomic E-state index is -0.330. The Hall–Kier alpha value is -2.69. The molecule has 1 saturated heterocycles. The fraction of sp³-hybridized carbons (Fsp3) is 0.350. The molecule has 2 aromatic rings. The van der Waals surface area contributed by atoms with Crippen LogP contribution < -0.4 is 15.8 Å². The molecule has 3 rings (SSSR count). The van der Waals surface area contributed by atoms with Gasteiger partial charge in [-0.3, -0.25) is 0 Å². The van der Waals surface area contributed by atoms with Crippen molar-refractivity contribution in [1.29, 1.82) is 0 Å². The molecule has 0 atom stereocenters. The van der Waals surface area contributed by atoms with Gasteiger partial charge in [-0.25, -0.2) is 4.79 Å². The Labute approximate surface area is 148 Å². The molecule has 2 aromatic carbocycles. The summed E-state index contributed by atoms with van der Waals surface area (Å²) in [5, 5.41) is 3.55. The monoisotopic (exact) mass is 339 g/mol. The van der Waals surface area contributed by atoms with Crippen LogP contribution in [0.4, 0.5) is 10.5 Å². The zero-order chi connectivity index (χ0) is 17.5. The normalized spacial score (nSPS) is 15.0. The Morgan fingerprint density at radius 3 is 2.48 bits per heavy atom. The maximum Gasteiger partial charge on any atom is 0.314 e. The Balaban J connectivity index is 1.53. The van der Waals surface area contributed by atoms with Gasteiger partial charge in [-0.15, -0.1) is 0 Å². The number of ether oxygens (including phenoxy) is 1. The molecule has 0 bridgehead atoms. The minimum Gasteiger partial charge on any atom is -0.491 e. The number of amides is 2.